The molecule has 0 bridgehead atoms. The fourth-order valence-corrected chi connectivity index (χ4v) is 2.42. The molecule has 0 saturated heterocycles. The number of hydrogen-bond acceptors (Lipinski definition) is 3. The average Bonchev–Trinajstić information content (AvgIpc) is 2.70. The van der Waals surface area contributed by atoms with Gasteiger partial charge in [-0.15, -0.1) is 0 Å². The zero-order chi connectivity index (χ0) is 11.5. The molecule has 1 aromatic carbocycles. The van der Waals surface area contributed by atoms with E-state index in [-0.39, 0.29) is 0 Å². The molecule has 0 aliphatic rings. The van der Waals surface area contributed by atoms with Crippen LogP contribution in [0.5, 0.6) is 0 Å². The third-order valence-electron chi connectivity index (χ3n) is 2.59. The highest BCUT2D eigenvalue weighted by Crippen LogP contribution is 2.24. The third-order valence-corrected chi connectivity index (χ3v) is 3.33. The second-order valence-electron chi connectivity index (χ2n) is 4.05. The smallest absolute Gasteiger partial charge is 0.0600 e. The van der Waals surface area contributed by atoms with Gasteiger partial charge in [-0.3, -0.25) is 0 Å². The molecule has 2 aromatic rings. The molecule has 0 radical (unpaired) electrons. The highest BCUT2D eigenvalue weighted by molar-refractivity contribution is 7.07. The van der Waals surface area contributed by atoms with Crippen molar-refractivity contribution in [3.63, 3.8) is 0 Å². The van der Waals surface area contributed by atoms with Crippen LogP contribution in [0, 0.1) is 6.92 Å². The predicted octanol–water partition coefficient (Wildman–Crippen LogP) is 3.28. The van der Waals surface area contributed by atoms with E-state index in [0.29, 0.717) is 0 Å². The number of rotatable bonds is 3. The summed E-state index contributed by atoms with van der Waals surface area (Å²) in [6.07, 6.45) is 0. The van der Waals surface area contributed by atoms with Crippen molar-refractivity contribution in [2.75, 3.05) is 17.7 Å². The van der Waals surface area contributed by atoms with Gasteiger partial charge in [0.2, 0.25) is 0 Å². The van der Waals surface area contributed by atoms with Crippen LogP contribution in [0.1, 0.15) is 11.1 Å². The van der Waals surface area contributed by atoms with E-state index in [4.69, 9.17) is 5.73 Å². The summed E-state index contributed by atoms with van der Waals surface area (Å²) < 4.78 is 0. The Morgan fingerprint density at radius 3 is 2.75 bits per heavy atom. The largest absolute Gasteiger partial charge is 0.397 e. The molecule has 0 spiro atoms. The van der Waals surface area contributed by atoms with Gasteiger partial charge < -0.3 is 10.6 Å². The Hall–Kier alpha value is -1.48. The molecular weight excluding hydrogens is 216 g/mol. The molecule has 1 aromatic heterocycles. The van der Waals surface area contributed by atoms with E-state index in [1.807, 2.05) is 6.07 Å². The van der Waals surface area contributed by atoms with Crippen LogP contribution in [0.4, 0.5) is 11.4 Å². The van der Waals surface area contributed by atoms with Crippen LogP contribution in [0.25, 0.3) is 0 Å². The number of hydrogen-bond donors (Lipinski definition) is 1. The van der Waals surface area contributed by atoms with Crippen molar-refractivity contribution in [2.45, 2.75) is 13.5 Å². The minimum atomic E-state index is 0.845. The van der Waals surface area contributed by atoms with E-state index < -0.39 is 0 Å². The Kier molecular flexibility index (Phi) is 3.15. The Morgan fingerprint density at radius 2 is 2.12 bits per heavy atom. The van der Waals surface area contributed by atoms with Crippen LogP contribution in [0.2, 0.25) is 0 Å². The zero-order valence-electron chi connectivity index (χ0n) is 9.60. The summed E-state index contributed by atoms with van der Waals surface area (Å²) in [6.45, 7) is 2.95. The van der Waals surface area contributed by atoms with Gasteiger partial charge in [-0.2, -0.15) is 11.3 Å². The van der Waals surface area contributed by atoms with Crippen LogP contribution in [0.15, 0.2) is 35.0 Å². The first kappa shape index (κ1) is 11.0. The van der Waals surface area contributed by atoms with Gasteiger partial charge in [0.05, 0.1) is 11.4 Å². The van der Waals surface area contributed by atoms with Crippen molar-refractivity contribution < 1.29 is 0 Å². The lowest BCUT2D eigenvalue weighted by atomic mass is 10.1. The second kappa shape index (κ2) is 4.58. The number of benzene rings is 1. The van der Waals surface area contributed by atoms with E-state index in [2.05, 4.69) is 47.8 Å². The fraction of sp³-hybridized carbons (Fsp3) is 0.231. The van der Waals surface area contributed by atoms with E-state index in [1.54, 1.807) is 11.3 Å². The third kappa shape index (κ3) is 2.36. The minimum absolute atomic E-state index is 0.845. The molecule has 0 atom stereocenters. The van der Waals surface area contributed by atoms with Gasteiger partial charge in [0.15, 0.2) is 0 Å². The van der Waals surface area contributed by atoms with Crippen molar-refractivity contribution >= 4 is 22.7 Å². The number of nitrogens with two attached hydrogens (primary N) is 1. The highest BCUT2D eigenvalue weighted by Gasteiger charge is 2.06. The number of anilines is 2. The first-order chi connectivity index (χ1) is 7.66. The topological polar surface area (TPSA) is 29.3 Å². The second-order valence-corrected chi connectivity index (χ2v) is 4.83. The molecule has 0 aliphatic heterocycles. The van der Waals surface area contributed by atoms with Gasteiger partial charge >= 0.3 is 0 Å². The number of thiophene rings is 1. The lowest BCUT2D eigenvalue weighted by Gasteiger charge is -2.20. The summed E-state index contributed by atoms with van der Waals surface area (Å²) in [4.78, 5) is 2.18. The lowest BCUT2D eigenvalue weighted by Crippen LogP contribution is -2.17. The summed E-state index contributed by atoms with van der Waals surface area (Å²) in [6, 6.07) is 8.33. The Labute approximate surface area is 100 Å². The van der Waals surface area contributed by atoms with Crippen molar-refractivity contribution in [3.05, 3.63) is 46.2 Å². The van der Waals surface area contributed by atoms with E-state index in [0.717, 1.165) is 17.9 Å². The van der Waals surface area contributed by atoms with Crippen LogP contribution >= 0.6 is 11.3 Å². The summed E-state index contributed by atoms with van der Waals surface area (Å²) >= 11 is 1.73. The quantitative estimate of drug-likeness (QED) is 0.823. The van der Waals surface area contributed by atoms with Gasteiger partial charge in [0.1, 0.15) is 0 Å². The first-order valence-corrected chi connectivity index (χ1v) is 6.19. The summed E-state index contributed by atoms with van der Waals surface area (Å²) in [5, 5.41) is 4.27. The Balaban J connectivity index is 2.17. The molecule has 2 nitrogen and oxygen atoms in total. The van der Waals surface area contributed by atoms with Crippen LogP contribution in [0.3, 0.4) is 0 Å². The van der Waals surface area contributed by atoms with E-state index in [1.165, 1.54) is 11.1 Å². The maximum atomic E-state index is 6.01. The fourth-order valence-electron chi connectivity index (χ4n) is 1.76. The normalized spacial score (nSPS) is 10.4. The van der Waals surface area contributed by atoms with Gasteiger partial charge in [-0.05, 0) is 47.0 Å². The molecule has 16 heavy (non-hydrogen) atoms. The first-order valence-electron chi connectivity index (χ1n) is 5.25. The molecule has 0 unspecified atom stereocenters. The highest BCUT2D eigenvalue weighted by atomic mass is 32.1. The van der Waals surface area contributed by atoms with Crippen molar-refractivity contribution in [1.82, 2.24) is 0 Å². The molecule has 2 N–H and O–H groups in total. The number of nitrogen functional groups attached to an aromatic ring is 1. The van der Waals surface area contributed by atoms with Crippen molar-refractivity contribution in [3.8, 4) is 0 Å². The van der Waals surface area contributed by atoms with Gasteiger partial charge in [-0.1, -0.05) is 6.07 Å². The van der Waals surface area contributed by atoms with Gasteiger partial charge in [0, 0.05) is 13.6 Å². The van der Waals surface area contributed by atoms with Crippen LogP contribution in [-0.4, -0.2) is 7.05 Å². The minimum Gasteiger partial charge on any atom is -0.397 e. The maximum Gasteiger partial charge on any atom is 0.0600 e. The maximum absolute atomic E-state index is 6.01. The van der Waals surface area contributed by atoms with Gasteiger partial charge in [-0.25, -0.2) is 0 Å². The predicted molar refractivity (Wildman–Crippen MR) is 72.0 cm³/mol. The molecule has 1 heterocycles. The Morgan fingerprint density at radius 1 is 1.31 bits per heavy atom. The standard InChI is InChI=1S/C13H16N2S/c1-10-3-4-13(12(14)7-10)15(2)8-11-5-6-16-9-11/h3-7,9H,8,14H2,1-2H3. The molecule has 0 amide bonds. The Bertz CT molecular complexity index is 463. The SMILES string of the molecule is Cc1ccc(N(C)Cc2ccsc2)c(N)c1. The van der Waals surface area contributed by atoms with E-state index in [9.17, 15) is 0 Å². The van der Waals surface area contributed by atoms with Crippen molar-refractivity contribution in [1.29, 1.82) is 0 Å². The molecule has 0 aliphatic carbocycles. The molecular formula is C13H16N2S. The van der Waals surface area contributed by atoms with Gasteiger partial charge in [0.25, 0.3) is 0 Å². The monoisotopic (exact) mass is 232 g/mol. The lowest BCUT2D eigenvalue weighted by molar-refractivity contribution is 0.929. The van der Waals surface area contributed by atoms with Crippen LogP contribution in [-0.2, 0) is 6.54 Å². The zero-order valence-corrected chi connectivity index (χ0v) is 10.4. The number of nitrogens with zero attached hydrogens (tertiary/aromatic N) is 1. The van der Waals surface area contributed by atoms with E-state index >= 15 is 0 Å². The molecule has 3 heteroatoms. The molecule has 0 fully saturated rings. The average molecular weight is 232 g/mol. The number of aryl methyl sites for hydroxylation is 1. The molecule has 84 valence electrons. The molecule has 0 saturated carbocycles. The molecule has 2 rings (SSSR count). The summed E-state index contributed by atoms with van der Waals surface area (Å²) in [5.41, 5.74) is 10.5. The summed E-state index contributed by atoms with van der Waals surface area (Å²) in [5.74, 6) is 0. The van der Waals surface area contributed by atoms with Crippen LogP contribution < -0.4 is 10.6 Å². The summed E-state index contributed by atoms with van der Waals surface area (Å²) in [7, 11) is 2.07. The van der Waals surface area contributed by atoms with Crippen molar-refractivity contribution in [2.24, 2.45) is 0 Å².